The molecule has 3 aromatic rings. The van der Waals surface area contributed by atoms with Crippen LogP contribution in [-0.2, 0) is 6.42 Å². The van der Waals surface area contributed by atoms with Gasteiger partial charge in [0.25, 0.3) is 0 Å². The van der Waals surface area contributed by atoms with E-state index in [0.717, 1.165) is 41.0 Å². The highest BCUT2D eigenvalue weighted by molar-refractivity contribution is 5.86. The van der Waals surface area contributed by atoms with E-state index in [-0.39, 0.29) is 11.5 Å². The normalized spacial score (nSPS) is 13.0. The number of ether oxygens (including phenoxy) is 2. The summed E-state index contributed by atoms with van der Waals surface area (Å²) >= 11 is 0. The fourth-order valence-electron chi connectivity index (χ4n) is 3.46. The highest BCUT2D eigenvalue weighted by Gasteiger charge is 2.21. The van der Waals surface area contributed by atoms with Crippen LogP contribution in [0.25, 0.3) is 22.4 Å². The van der Waals surface area contributed by atoms with Gasteiger partial charge in [0.05, 0.1) is 0 Å². The summed E-state index contributed by atoms with van der Waals surface area (Å²) in [7, 11) is 0. The first-order valence-corrected chi connectivity index (χ1v) is 9.08. The number of aromatic amines is 1. The number of aryl methyl sites for hydroxylation is 2. The standard InChI is InChI=1S/C21H22N2O4/c1-3-4-13-9-15(17(25)11-16(13)24)21-20(12(2)22-23-21)14-5-6-18-19(10-14)27-8-7-26-18/h5-6,9-11,24-25H,3-4,7-8H2,1-2H3,(H,22,23). The first-order chi connectivity index (χ1) is 13.1. The van der Waals surface area contributed by atoms with Crippen LogP contribution in [0.3, 0.4) is 0 Å². The minimum atomic E-state index is -0.00218. The van der Waals surface area contributed by atoms with Crippen LogP contribution in [0.4, 0.5) is 0 Å². The maximum atomic E-state index is 10.5. The van der Waals surface area contributed by atoms with Gasteiger partial charge in [0.1, 0.15) is 30.4 Å². The van der Waals surface area contributed by atoms with Gasteiger partial charge in [0, 0.05) is 22.9 Å². The van der Waals surface area contributed by atoms with Crippen LogP contribution in [0.2, 0.25) is 0 Å². The lowest BCUT2D eigenvalue weighted by Crippen LogP contribution is -2.15. The Hall–Kier alpha value is -3.15. The van der Waals surface area contributed by atoms with Gasteiger partial charge >= 0.3 is 0 Å². The predicted octanol–water partition coefficient (Wildman–Crippen LogP) is 4.19. The summed E-state index contributed by atoms with van der Waals surface area (Å²) in [6.45, 7) is 5.05. The van der Waals surface area contributed by atoms with E-state index in [1.807, 2.05) is 38.1 Å². The third-order valence-corrected chi connectivity index (χ3v) is 4.75. The third-order valence-electron chi connectivity index (χ3n) is 4.75. The summed E-state index contributed by atoms with van der Waals surface area (Å²) in [6.07, 6.45) is 1.62. The van der Waals surface area contributed by atoms with Crippen molar-refractivity contribution in [1.82, 2.24) is 10.2 Å². The molecule has 1 aromatic heterocycles. The van der Waals surface area contributed by atoms with E-state index in [1.54, 1.807) is 0 Å². The first kappa shape index (κ1) is 17.3. The van der Waals surface area contributed by atoms with Gasteiger partial charge in [-0.1, -0.05) is 19.4 Å². The molecule has 1 aliphatic heterocycles. The number of aromatic hydroxyl groups is 2. The van der Waals surface area contributed by atoms with Crippen LogP contribution >= 0.6 is 0 Å². The fraction of sp³-hybridized carbons (Fsp3) is 0.286. The van der Waals surface area contributed by atoms with Crippen LogP contribution in [-0.4, -0.2) is 33.6 Å². The van der Waals surface area contributed by atoms with Crippen molar-refractivity contribution in [2.24, 2.45) is 0 Å². The Morgan fingerprint density at radius 2 is 1.81 bits per heavy atom. The summed E-state index contributed by atoms with van der Waals surface area (Å²) < 4.78 is 11.3. The second kappa shape index (κ2) is 6.87. The molecular formula is C21H22N2O4. The highest BCUT2D eigenvalue weighted by atomic mass is 16.6. The van der Waals surface area contributed by atoms with Crippen molar-refractivity contribution in [1.29, 1.82) is 0 Å². The number of H-pyrrole nitrogens is 1. The number of benzene rings is 2. The van der Waals surface area contributed by atoms with Crippen LogP contribution in [0.5, 0.6) is 23.0 Å². The molecule has 4 rings (SSSR count). The third kappa shape index (κ3) is 3.07. The number of hydrogen-bond donors (Lipinski definition) is 3. The number of phenolic OH excluding ortho intramolecular Hbond substituents is 2. The topological polar surface area (TPSA) is 87.6 Å². The Kier molecular flexibility index (Phi) is 4.39. The lowest BCUT2D eigenvalue weighted by atomic mass is 9.96. The van der Waals surface area contributed by atoms with Crippen molar-refractivity contribution in [2.75, 3.05) is 13.2 Å². The lowest BCUT2D eigenvalue weighted by molar-refractivity contribution is 0.171. The zero-order chi connectivity index (χ0) is 19.0. The molecule has 0 saturated carbocycles. The Morgan fingerprint density at radius 1 is 1.04 bits per heavy atom. The zero-order valence-corrected chi connectivity index (χ0v) is 15.4. The lowest BCUT2D eigenvalue weighted by Gasteiger charge is -2.19. The van der Waals surface area contributed by atoms with E-state index in [0.29, 0.717) is 30.2 Å². The van der Waals surface area contributed by atoms with Gasteiger partial charge < -0.3 is 19.7 Å². The first-order valence-electron chi connectivity index (χ1n) is 9.08. The number of phenols is 2. The number of fused-ring (bicyclic) bond motifs is 1. The number of hydrogen-bond acceptors (Lipinski definition) is 5. The van der Waals surface area contributed by atoms with Crippen molar-refractivity contribution in [3.8, 4) is 45.4 Å². The van der Waals surface area contributed by atoms with Crippen molar-refractivity contribution >= 4 is 0 Å². The average molecular weight is 366 g/mol. The molecule has 0 atom stereocenters. The van der Waals surface area contributed by atoms with E-state index in [9.17, 15) is 10.2 Å². The maximum Gasteiger partial charge on any atom is 0.161 e. The Balaban J connectivity index is 1.85. The van der Waals surface area contributed by atoms with Gasteiger partial charge in [0.15, 0.2) is 11.5 Å². The summed E-state index contributed by atoms with van der Waals surface area (Å²) in [5.41, 5.74) is 4.70. The van der Waals surface area contributed by atoms with Crippen LogP contribution in [0.15, 0.2) is 30.3 Å². The van der Waals surface area contributed by atoms with Crippen LogP contribution in [0, 0.1) is 6.92 Å². The molecule has 0 spiro atoms. The fourth-order valence-corrected chi connectivity index (χ4v) is 3.46. The molecule has 2 heterocycles. The van der Waals surface area contributed by atoms with E-state index in [1.165, 1.54) is 6.07 Å². The monoisotopic (exact) mass is 366 g/mol. The van der Waals surface area contributed by atoms with Gasteiger partial charge in [-0.05, 0) is 42.7 Å². The van der Waals surface area contributed by atoms with E-state index in [4.69, 9.17) is 9.47 Å². The second-order valence-electron chi connectivity index (χ2n) is 6.68. The largest absolute Gasteiger partial charge is 0.508 e. The highest BCUT2D eigenvalue weighted by Crippen LogP contribution is 2.42. The number of nitrogens with zero attached hydrogens (tertiary/aromatic N) is 1. The minimum absolute atomic E-state index is 0.00218. The number of nitrogens with one attached hydrogen (secondary N) is 1. The van der Waals surface area contributed by atoms with Crippen molar-refractivity contribution in [2.45, 2.75) is 26.7 Å². The van der Waals surface area contributed by atoms with E-state index in [2.05, 4.69) is 10.2 Å². The van der Waals surface area contributed by atoms with Gasteiger partial charge in [-0.15, -0.1) is 0 Å². The minimum Gasteiger partial charge on any atom is -0.508 e. The van der Waals surface area contributed by atoms with Crippen molar-refractivity contribution < 1.29 is 19.7 Å². The summed E-state index contributed by atoms with van der Waals surface area (Å²) in [5, 5.41) is 28.0. The number of rotatable bonds is 4. The molecule has 2 aromatic carbocycles. The molecule has 140 valence electrons. The summed E-state index contributed by atoms with van der Waals surface area (Å²) in [6, 6.07) is 8.97. The van der Waals surface area contributed by atoms with Gasteiger partial charge in [-0.25, -0.2) is 0 Å². The SMILES string of the molecule is CCCc1cc(-c2n[nH]c(C)c2-c2ccc3c(c2)OCCO3)c(O)cc1O. The molecule has 0 aliphatic carbocycles. The molecule has 0 bridgehead atoms. The van der Waals surface area contributed by atoms with Gasteiger partial charge in [-0.3, -0.25) is 5.10 Å². The molecule has 0 amide bonds. The average Bonchev–Trinajstić information content (AvgIpc) is 3.05. The second-order valence-corrected chi connectivity index (χ2v) is 6.68. The summed E-state index contributed by atoms with van der Waals surface area (Å²) in [4.78, 5) is 0. The summed E-state index contributed by atoms with van der Waals surface area (Å²) in [5.74, 6) is 1.53. The predicted molar refractivity (Wildman–Crippen MR) is 103 cm³/mol. The van der Waals surface area contributed by atoms with E-state index < -0.39 is 0 Å². The molecule has 0 unspecified atom stereocenters. The maximum absolute atomic E-state index is 10.5. The molecule has 6 nitrogen and oxygen atoms in total. The van der Waals surface area contributed by atoms with E-state index >= 15 is 0 Å². The quantitative estimate of drug-likeness (QED) is 0.644. The Bertz CT molecular complexity index is 994. The van der Waals surface area contributed by atoms with Crippen molar-refractivity contribution in [3.05, 3.63) is 41.6 Å². The smallest absolute Gasteiger partial charge is 0.161 e. The molecule has 1 aliphatic rings. The Morgan fingerprint density at radius 3 is 2.59 bits per heavy atom. The van der Waals surface area contributed by atoms with Gasteiger partial charge in [0.2, 0.25) is 0 Å². The van der Waals surface area contributed by atoms with Crippen LogP contribution in [0.1, 0.15) is 24.6 Å². The number of aromatic nitrogens is 2. The molecular weight excluding hydrogens is 344 g/mol. The van der Waals surface area contributed by atoms with Gasteiger partial charge in [-0.2, -0.15) is 5.10 Å². The molecule has 3 N–H and O–H groups in total. The molecule has 0 fully saturated rings. The van der Waals surface area contributed by atoms with Crippen molar-refractivity contribution in [3.63, 3.8) is 0 Å². The molecule has 0 radical (unpaired) electrons. The zero-order valence-electron chi connectivity index (χ0n) is 15.4. The molecule has 6 heteroatoms. The molecule has 0 saturated heterocycles. The van der Waals surface area contributed by atoms with Crippen LogP contribution < -0.4 is 9.47 Å². The molecule has 27 heavy (non-hydrogen) atoms. The Labute approximate surface area is 157 Å².